The van der Waals surface area contributed by atoms with Gasteiger partial charge in [0.2, 0.25) is 0 Å². The molecule has 0 spiro atoms. The molecule has 5 N–H and O–H groups in total. The monoisotopic (exact) mass is 382 g/mol. The largest absolute Gasteiger partial charge is 0.507 e. The maximum atomic E-state index is 10.3. The molecule has 0 amide bonds. The Morgan fingerprint density at radius 2 is 1.57 bits per heavy atom. The fourth-order valence-electron chi connectivity index (χ4n) is 2.68. The molecule has 0 heterocycles. The third-order valence-electron chi connectivity index (χ3n) is 4.33. The summed E-state index contributed by atoms with van der Waals surface area (Å²) < 4.78 is 0. The molecule has 0 aliphatic rings. The molecule has 2 rings (SSSR count). The van der Waals surface area contributed by atoms with Gasteiger partial charge in [0.1, 0.15) is 11.5 Å². The zero-order valence-electron chi connectivity index (χ0n) is 16.4. The Balaban J connectivity index is 1.75. The molecule has 0 aromatic heterocycles. The minimum Gasteiger partial charge on any atom is -0.507 e. The number of benzene rings is 2. The van der Waals surface area contributed by atoms with Crippen molar-refractivity contribution in [1.82, 2.24) is 5.32 Å². The average Bonchev–Trinajstić information content (AvgIpc) is 2.69. The third-order valence-corrected chi connectivity index (χ3v) is 4.33. The number of para-hydroxylation sites is 2. The molecule has 0 fully saturated rings. The fourth-order valence-corrected chi connectivity index (χ4v) is 2.68. The van der Waals surface area contributed by atoms with Crippen LogP contribution in [0.3, 0.4) is 0 Å². The number of phenolic OH excluding ortho intramolecular Hbond substituents is 2. The molecule has 2 aromatic rings. The number of hydrogen-bond acceptors (Lipinski definition) is 6. The van der Waals surface area contributed by atoms with Gasteiger partial charge in [-0.3, -0.25) is 9.98 Å². The number of rotatable bonds is 11. The molecule has 0 saturated heterocycles. The van der Waals surface area contributed by atoms with Gasteiger partial charge in [-0.05, 0) is 50.6 Å². The zero-order chi connectivity index (χ0) is 20.2. The Hall–Kier alpha value is -2.70. The van der Waals surface area contributed by atoms with Gasteiger partial charge in [0.15, 0.2) is 0 Å². The number of aromatic hydroxyl groups is 2. The summed E-state index contributed by atoms with van der Waals surface area (Å²) in [6, 6.07) is 11.3. The first-order valence-corrected chi connectivity index (χ1v) is 9.63. The van der Waals surface area contributed by atoms with Gasteiger partial charge in [0.05, 0.1) is 0 Å². The Morgan fingerprint density at radius 1 is 0.929 bits per heavy atom. The number of nitrogens with two attached hydrogens (primary N) is 1. The number of nitrogens with one attached hydrogen (secondary N) is 1. The molecule has 6 heteroatoms. The van der Waals surface area contributed by atoms with Gasteiger partial charge in [-0.1, -0.05) is 24.3 Å². The van der Waals surface area contributed by atoms with E-state index in [1.807, 2.05) is 43.3 Å². The summed E-state index contributed by atoms with van der Waals surface area (Å²) in [4.78, 5) is 8.66. The topological polar surface area (TPSA) is 103 Å². The van der Waals surface area contributed by atoms with Crippen molar-refractivity contribution in [2.45, 2.75) is 26.3 Å². The minimum atomic E-state index is 0.191. The highest BCUT2D eigenvalue weighted by atomic mass is 16.3. The molecule has 0 atom stereocenters. The van der Waals surface area contributed by atoms with Crippen LogP contribution in [0.15, 0.2) is 46.4 Å². The molecule has 150 valence electrons. The normalized spacial score (nSPS) is 11.6. The van der Waals surface area contributed by atoms with Crippen LogP contribution in [0, 0.1) is 6.92 Å². The van der Waals surface area contributed by atoms with Crippen molar-refractivity contribution in [2.24, 2.45) is 15.7 Å². The van der Waals surface area contributed by atoms with Gasteiger partial charge in [-0.25, -0.2) is 0 Å². The van der Waals surface area contributed by atoms with E-state index in [2.05, 4.69) is 15.3 Å². The predicted octanol–water partition coefficient (Wildman–Crippen LogP) is 2.77. The molecule has 6 nitrogen and oxygen atoms in total. The van der Waals surface area contributed by atoms with Crippen molar-refractivity contribution in [3.63, 3.8) is 0 Å². The van der Waals surface area contributed by atoms with Crippen LogP contribution in [0.25, 0.3) is 0 Å². The van der Waals surface area contributed by atoms with Gasteiger partial charge < -0.3 is 21.3 Å². The van der Waals surface area contributed by atoms with Crippen LogP contribution in [0.5, 0.6) is 11.5 Å². The average molecular weight is 383 g/mol. The smallest absolute Gasteiger partial charge is 0.133 e. The van der Waals surface area contributed by atoms with Crippen LogP contribution in [0.1, 0.15) is 35.1 Å². The van der Waals surface area contributed by atoms with Gasteiger partial charge in [-0.2, -0.15) is 0 Å². The molecule has 0 aliphatic heterocycles. The van der Waals surface area contributed by atoms with Crippen molar-refractivity contribution >= 4 is 12.4 Å². The van der Waals surface area contributed by atoms with Crippen LogP contribution < -0.4 is 11.1 Å². The van der Waals surface area contributed by atoms with Crippen LogP contribution in [-0.4, -0.2) is 48.8 Å². The summed E-state index contributed by atoms with van der Waals surface area (Å²) in [6.45, 7) is 5.23. The van der Waals surface area contributed by atoms with E-state index in [1.54, 1.807) is 12.4 Å². The van der Waals surface area contributed by atoms with Crippen molar-refractivity contribution in [3.8, 4) is 11.5 Å². The van der Waals surface area contributed by atoms with E-state index in [0.29, 0.717) is 43.1 Å². The summed E-state index contributed by atoms with van der Waals surface area (Å²) in [5, 5.41) is 23.6. The first-order chi connectivity index (χ1) is 13.6. The van der Waals surface area contributed by atoms with Crippen molar-refractivity contribution < 1.29 is 10.2 Å². The SMILES string of the molecule is Cc1cccc(CNCCCN=Cc2cccc(C=NCCCN)c2O)c1O. The standard InChI is InChI=1S/C22H30N4O2/c1-17-6-2-7-18(21(17)27)14-25-12-5-13-26-16-20-9-3-8-19(22(20)28)15-24-11-4-10-23/h2-3,6-9,15-16,25,27-28H,4-5,10-14,23H2,1H3. The molecule has 2 aromatic carbocycles. The number of aryl methyl sites for hydroxylation is 1. The molecule has 0 bridgehead atoms. The highest BCUT2D eigenvalue weighted by Gasteiger charge is 2.04. The van der Waals surface area contributed by atoms with Crippen molar-refractivity contribution in [2.75, 3.05) is 26.2 Å². The number of phenols is 2. The van der Waals surface area contributed by atoms with E-state index in [-0.39, 0.29) is 5.75 Å². The summed E-state index contributed by atoms with van der Waals surface area (Å²) in [6.07, 6.45) is 5.06. The summed E-state index contributed by atoms with van der Waals surface area (Å²) in [5.41, 5.74) is 8.59. The Morgan fingerprint density at radius 3 is 2.25 bits per heavy atom. The Kier molecular flexibility index (Phi) is 9.18. The molecule has 0 saturated carbocycles. The van der Waals surface area contributed by atoms with Gasteiger partial charge >= 0.3 is 0 Å². The molecule has 28 heavy (non-hydrogen) atoms. The van der Waals surface area contributed by atoms with Crippen molar-refractivity contribution in [3.05, 3.63) is 58.7 Å². The highest BCUT2D eigenvalue weighted by molar-refractivity contribution is 5.91. The van der Waals surface area contributed by atoms with E-state index < -0.39 is 0 Å². The first-order valence-electron chi connectivity index (χ1n) is 9.63. The molecule has 0 unspecified atom stereocenters. The van der Waals surface area contributed by atoms with E-state index >= 15 is 0 Å². The second-order valence-electron chi connectivity index (χ2n) is 6.61. The van der Waals surface area contributed by atoms with E-state index in [4.69, 9.17) is 5.73 Å². The lowest BCUT2D eigenvalue weighted by atomic mass is 10.1. The Labute approximate surface area is 166 Å². The summed E-state index contributed by atoms with van der Waals surface area (Å²) >= 11 is 0. The first kappa shape index (κ1) is 21.6. The maximum Gasteiger partial charge on any atom is 0.133 e. The number of nitrogens with zero attached hydrogens (tertiary/aromatic N) is 2. The van der Waals surface area contributed by atoms with E-state index in [0.717, 1.165) is 30.5 Å². The molecule has 0 aliphatic carbocycles. The highest BCUT2D eigenvalue weighted by Crippen LogP contribution is 2.21. The lowest BCUT2D eigenvalue weighted by molar-refractivity contribution is 0.460. The third kappa shape index (κ3) is 6.79. The van der Waals surface area contributed by atoms with E-state index in [9.17, 15) is 10.2 Å². The second kappa shape index (κ2) is 11.9. The van der Waals surface area contributed by atoms with Crippen molar-refractivity contribution in [1.29, 1.82) is 0 Å². The van der Waals surface area contributed by atoms with Gasteiger partial charge in [0, 0.05) is 48.8 Å². The van der Waals surface area contributed by atoms with E-state index in [1.165, 1.54) is 0 Å². The van der Waals surface area contributed by atoms with Crippen LogP contribution >= 0.6 is 0 Å². The maximum absolute atomic E-state index is 10.3. The molecular weight excluding hydrogens is 352 g/mol. The fraction of sp³-hybridized carbons (Fsp3) is 0.364. The molecule has 0 radical (unpaired) electrons. The quantitative estimate of drug-likeness (QED) is 0.354. The lowest BCUT2D eigenvalue weighted by Crippen LogP contribution is -2.15. The molecular formula is C22H30N4O2. The number of aliphatic imine (C=N–C) groups is 2. The minimum absolute atomic E-state index is 0.191. The Bertz CT molecular complexity index is 803. The van der Waals surface area contributed by atoms with Gasteiger partial charge in [0.25, 0.3) is 0 Å². The van der Waals surface area contributed by atoms with Gasteiger partial charge in [-0.15, -0.1) is 0 Å². The number of hydrogen-bond donors (Lipinski definition) is 4. The summed E-state index contributed by atoms with van der Waals surface area (Å²) in [7, 11) is 0. The lowest BCUT2D eigenvalue weighted by Gasteiger charge is -2.08. The zero-order valence-corrected chi connectivity index (χ0v) is 16.4. The second-order valence-corrected chi connectivity index (χ2v) is 6.61. The predicted molar refractivity (Wildman–Crippen MR) is 116 cm³/mol. The van der Waals surface area contributed by atoms with Crippen LogP contribution in [0.4, 0.5) is 0 Å². The van der Waals surface area contributed by atoms with Crippen LogP contribution in [0.2, 0.25) is 0 Å². The van der Waals surface area contributed by atoms with Crippen LogP contribution in [-0.2, 0) is 6.54 Å². The summed E-state index contributed by atoms with van der Waals surface area (Å²) in [5.74, 6) is 0.547.